The molecular formula is C23H27ClN4O3. The molecule has 7 nitrogen and oxygen atoms in total. The van der Waals surface area contributed by atoms with Crippen LogP contribution < -0.4 is 5.73 Å². The number of fused-ring (bicyclic) bond motifs is 4. The lowest BCUT2D eigenvalue weighted by molar-refractivity contribution is -0.146. The summed E-state index contributed by atoms with van der Waals surface area (Å²) in [5, 5.41) is 4.93. The monoisotopic (exact) mass is 442 g/mol. The zero-order chi connectivity index (χ0) is 20.3. The summed E-state index contributed by atoms with van der Waals surface area (Å²) in [6.45, 7) is 2.00. The third-order valence-corrected chi connectivity index (χ3v) is 7.11. The van der Waals surface area contributed by atoms with E-state index in [4.69, 9.17) is 20.3 Å². The third kappa shape index (κ3) is 3.22. The lowest BCUT2D eigenvalue weighted by Crippen LogP contribution is -2.53. The van der Waals surface area contributed by atoms with E-state index in [1.165, 1.54) is 5.56 Å². The van der Waals surface area contributed by atoms with Crippen molar-refractivity contribution in [3.05, 3.63) is 59.9 Å². The summed E-state index contributed by atoms with van der Waals surface area (Å²) in [6, 6.07) is 9.91. The first-order valence-electron chi connectivity index (χ1n) is 10.8. The molecule has 2 saturated heterocycles. The summed E-state index contributed by atoms with van der Waals surface area (Å²) >= 11 is 0. The molecule has 164 valence electrons. The zero-order valence-corrected chi connectivity index (χ0v) is 18.0. The van der Waals surface area contributed by atoms with Crippen LogP contribution in [0.25, 0.3) is 5.69 Å². The van der Waals surface area contributed by atoms with Crippen LogP contribution in [0.2, 0.25) is 0 Å². The quantitative estimate of drug-likeness (QED) is 0.719. The van der Waals surface area contributed by atoms with E-state index < -0.39 is 5.60 Å². The average Bonchev–Trinajstić information content (AvgIpc) is 3.50. The Labute approximate surface area is 187 Å². The summed E-state index contributed by atoms with van der Waals surface area (Å²) in [4.78, 5) is 15.1. The van der Waals surface area contributed by atoms with E-state index >= 15 is 0 Å². The van der Waals surface area contributed by atoms with E-state index in [0.717, 1.165) is 30.6 Å². The molecule has 1 aromatic carbocycles. The number of rotatable bonds is 2. The van der Waals surface area contributed by atoms with Crippen LogP contribution in [0.15, 0.2) is 48.7 Å². The van der Waals surface area contributed by atoms with Crippen LogP contribution >= 0.6 is 12.4 Å². The van der Waals surface area contributed by atoms with Crippen molar-refractivity contribution in [3.63, 3.8) is 0 Å². The van der Waals surface area contributed by atoms with E-state index in [-0.39, 0.29) is 42.5 Å². The van der Waals surface area contributed by atoms with Crippen molar-refractivity contribution in [2.24, 2.45) is 11.7 Å². The number of carbonyl (C=O) groups is 1. The number of hydrogen-bond donors (Lipinski definition) is 1. The van der Waals surface area contributed by atoms with Gasteiger partial charge in [-0.05, 0) is 37.0 Å². The predicted molar refractivity (Wildman–Crippen MR) is 117 cm³/mol. The van der Waals surface area contributed by atoms with Crippen molar-refractivity contribution >= 4 is 18.3 Å². The number of benzene rings is 1. The van der Waals surface area contributed by atoms with Crippen LogP contribution in [-0.4, -0.2) is 58.5 Å². The molecule has 4 aliphatic heterocycles. The number of piperidine rings is 1. The van der Waals surface area contributed by atoms with Crippen molar-refractivity contribution < 1.29 is 14.3 Å². The predicted octanol–water partition coefficient (Wildman–Crippen LogP) is 1.97. The number of para-hydroxylation sites is 1. The fourth-order valence-electron chi connectivity index (χ4n) is 5.44. The molecule has 6 rings (SSSR count). The first-order valence-corrected chi connectivity index (χ1v) is 10.8. The second kappa shape index (κ2) is 7.74. The number of aromatic nitrogens is 2. The van der Waals surface area contributed by atoms with E-state index in [9.17, 15) is 4.79 Å². The van der Waals surface area contributed by atoms with Crippen LogP contribution in [0, 0.1) is 5.92 Å². The number of hydrogen-bond acceptors (Lipinski definition) is 5. The third-order valence-electron chi connectivity index (χ3n) is 7.11. The average molecular weight is 443 g/mol. The number of ether oxygens (including phenoxy) is 2. The van der Waals surface area contributed by atoms with Gasteiger partial charge in [0.25, 0.3) is 0 Å². The van der Waals surface area contributed by atoms with E-state index in [0.29, 0.717) is 19.7 Å². The topological polar surface area (TPSA) is 82.6 Å². The van der Waals surface area contributed by atoms with Crippen molar-refractivity contribution in [2.75, 3.05) is 19.7 Å². The molecule has 2 aromatic rings. The molecule has 1 spiro atoms. The molecule has 2 fully saturated rings. The van der Waals surface area contributed by atoms with Crippen molar-refractivity contribution in [3.8, 4) is 5.69 Å². The van der Waals surface area contributed by atoms with Gasteiger partial charge < -0.3 is 20.1 Å². The van der Waals surface area contributed by atoms with E-state index in [1.54, 1.807) is 0 Å². The summed E-state index contributed by atoms with van der Waals surface area (Å²) in [7, 11) is 0. The Morgan fingerprint density at radius 1 is 1.13 bits per heavy atom. The lowest BCUT2D eigenvalue weighted by atomic mass is 9.82. The van der Waals surface area contributed by atoms with Crippen LogP contribution in [0.5, 0.6) is 0 Å². The Morgan fingerprint density at radius 2 is 1.87 bits per heavy atom. The van der Waals surface area contributed by atoms with Crippen molar-refractivity contribution in [1.29, 1.82) is 0 Å². The molecule has 0 unspecified atom stereocenters. The van der Waals surface area contributed by atoms with Crippen molar-refractivity contribution in [2.45, 2.75) is 43.1 Å². The molecule has 5 heterocycles. The van der Waals surface area contributed by atoms with Gasteiger partial charge in [0.2, 0.25) is 5.91 Å². The van der Waals surface area contributed by atoms with Gasteiger partial charge in [0.05, 0.1) is 36.1 Å². The molecule has 1 aromatic heterocycles. The molecule has 8 heteroatoms. The molecule has 4 atom stereocenters. The van der Waals surface area contributed by atoms with E-state index in [1.807, 2.05) is 39.9 Å². The maximum Gasteiger partial charge on any atom is 0.230 e. The number of carbonyl (C=O) groups excluding carboxylic acids is 1. The van der Waals surface area contributed by atoms with Gasteiger partial charge in [0.1, 0.15) is 5.60 Å². The van der Waals surface area contributed by atoms with Gasteiger partial charge in [-0.15, -0.1) is 12.4 Å². The summed E-state index contributed by atoms with van der Waals surface area (Å²) < 4.78 is 14.1. The van der Waals surface area contributed by atoms with E-state index in [2.05, 4.69) is 18.3 Å². The van der Waals surface area contributed by atoms with Gasteiger partial charge in [-0.1, -0.05) is 30.4 Å². The lowest BCUT2D eigenvalue weighted by Gasteiger charge is -2.43. The standard InChI is InChI=1S/C23H26N4O3.ClH/c24-20-18-7-6-17(30-18)19(20)22(28)26-11-9-23(10-12-26)21-15(8-13-29-23)14-27(25-21)16-4-2-1-3-5-16;/h1-7,14,17-20H,8-13,24H2;1H/t17-,18+,19-,20+;/m1./s1. The maximum absolute atomic E-state index is 13.2. The summed E-state index contributed by atoms with van der Waals surface area (Å²) in [5.74, 6) is -0.158. The van der Waals surface area contributed by atoms with Crippen LogP contribution in [0.1, 0.15) is 24.1 Å². The number of nitrogens with two attached hydrogens (primary N) is 1. The summed E-state index contributed by atoms with van der Waals surface area (Å²) in [6.07, 6.45) is 8.17. The molecule has 4 aliphatic rings. The fourth-order valence-corrected chi connectivity index (χ4v) is 5.44. The van der Waals surface area contributed by atoms with Gasteiger partial charge in [-0.25, -0.2) is 4.68 Å². The van der Waals surface area contributed by atoms with Crippen LogP contribution in [-0.2, 0) is 26.3 Å². The number of halogens is 1. The maximum atomic E-state index is 13.2. The minimum absolute atomic E-state index is 0. The van der Waals surface area contributed by atoms with Gasteiger partial charge in [0.15, 0.2) is 0 Å². The van der Waals surface area contributed by atoms with Gasteiger partial charge >= 0.3 is 0 Å². The molecule has 0 aliphatic carbocycles. The van der Waals surface area contributed by atoms with Gasteiger partial charge in [-0.2, -0.15) is 5.10 Å². The highest BCUT2D eigenvalue weighted by Crippen LogP contribution is 2.42. The number of amides is 1. The highest BCUT2D eigenvalue weighted by molar-refractivity contribution is 5.85. The highest BCUT2D eigenvalue weighted by atomic mass is 35.5. The van der Waals surface area contributed by atoms with Crippen molar-refractivity contribution in [1.82, 2.24) is 14.7 Å². The van der Waals surface area contributed by atoms with Crippen LogP contribution in [0.4, 0.5) is 0 Å². The first-order chi connectivity index (χ1) is 14.6. The molecule has 0 saturated carbocycles. The molecular weight excluding hydrogens is 416 g/mol. The largest absolute Gasteiger partial charge is 0.368 e. The Kier molecular flexibility index (Phi) is 5.17. The first kappa shape index (κ1) is 20.7. The number of nitrogens with zero attached hydrogens (tertiary/aromatic N) is 3. The molecule has 1 amide bonds. The smallest absolute Gasteiger partial charge is 0.230 e. The highest BCUT2D eigenvalue weighted by Gasteiger charge is 2.51. The normalized spacial score (nSPS) is 30.3. The second-order valence-corrected chi connectivity index (χ2v) is 8.75. The minimum atomic E-state index is -0.405. The molecule has 31 heavy (non-hydrogen) atoms. The molecule has 2 bridgehead atoms. The van der Waals surface area contributed by atoms with Gasteiger partial charge in [-0.3, -0.25) is 4.79 Å². The minimum Gasteiger partial charge on any atom is -0.368 e. The second-order valence-electron chi connectivity index (χ2n) is 8.75. The summed E-state index contributed by atoms with van der Waals surface area (Å²) in [5.41, 5.74) is 9.20. The zero-order valence-electron chi connectivity index (χ0n) is 17.2. The Morgan fingerprint density at radius 3 is 2.58 bits per heavy atom. The Hall–Kier alpha value is -2.19. The van der Waals surface area contributed by atoms with Gasteiger partial charge in [0, 0.05) is 25.3 Å². The Balaban J connectivity index is 0.00000204. The SMILES string of the molecule is Cl.N[C@@H]1[C@H](C(=O)N2CCC3(CC2)OCCc2cn(-c4ccccc4)nc23)[C@H]2C=C[C@@H]1O2. The van der Waals surface area contributed by atoms with Crippen LogP contribution in [0.3, 0.4) is 0 Å². The molecule has 0 radical (unpaired) electrons. The Bertz CT molecular complexity index is 1000. The fraction of sp³-hybridized carbons (Fsp3) is 0.478. The number of likely N-dealkylation sites (tertiary alicyclic amines) is 1. The molecule has 2 N–H and O–H groups in total.